The molecule has 1 fully saturated rings. The van der Waals surface area contributed by atoms with E-state index in [1.54, 1.807) is 13.0 Å². The van der Waals surface area contributed by atoms with Crippen LogP contribution < -0.4 is 5.56 Å². The van der Waals surface area contributed by atoms with Crippen molar-refractivity contribution >= 4 is 5.91 Å². The minimum Gasteiger partial charge on any atom is -0.338 e. The number of carbonyl (C=O) groups is 1. The van der Waals surface area contributed by atoms with Gasteiger partial charge in [0.15, 0.2) is 0 Å². The maximum Gasteiger partial charge on any atom is 0.267 e. The van der Waals surface area contributed by atoms with Crippen LogP contribution in [0.5, 0.6) is 0 Å². The second-order valence-electron chi connectivity index (χ2n) is 6.38. The van der Waals surface area contributed by atoms with Crippen LogP contribution >= 0.6 is 0 Å². The summed E-state index contributed by atoms with van der Waals surface area (Å²) in [5.74, 6) is -0.0384. The fourth-order valence-corrected chi connectivity index (χ4v) is 3.15. The van der Waals surface area contributed by atoms with Crippen molar-refractivity contribution in [2.75, 3.05) is 32.7 Å². The molecule has 0 bridgehead atoms. The summed E-state index contributed by atoms with van der Waals surface area (Å²) < 4.78 is 1.25. The van der Waals surface area contributed by atoms with E-state index in [0.29, 0.717) is 13.1 Å². The molecule has 1 saturated heterocycles. The van der Waals surface area contributed by atoms with Crippen molar-refractivity contribution in [2.24, 2.45) is 0 Å². The third kappa shape index (κ3) is 4.33. The topological polar surface area (TPSA) is 58.4 Å². The summed E-state index contributed by atoms with van der Waals surface area (Å²) in [4.78, 5) is 28.7. The highest BCUT2D eigenvalue weighted by molar-refractivity contribution is 5.80. The Kier molecular flexibility index (Phi) is 5.60. The quantitative estimate of drug-likeness (QED) is 0.820. The zero-order valence-electron chi connectivity index (χ0n) is 14.5. The van der Waals surface area contributed by atoms with Crippen LogP contribution in [0.25, 0.3) is 0 Å². The smallest absolute Gasteiger partial charge is 0.267 e. The molecule has 1 aromatic carbocycles. The minimum absolute atomic E-state index is 0.0384. The van der Waals surface area contributed by atoms with Gasteiger partial charge >= 0.3 is 0 Å². The Labute approximate surface area is 147 Å². The van der Waals surface area contributed by atoms with Crippen molar-refractivity contribution in [3.8, 4) is 0 Å². The number of piperazine rings is 1. The van der Waals surface area contributed by atoms with E-state index < -0.39 is 6.04 Å². The Morgan fingerprint density at radius 2 is 1.80 bits per heavy atom. The van der Waals surface area contributed by atoms with Crippen molar-refractivity contribution in [1.82, 2.24) is 19.6 Å². The summed E-state index contributed by atoms with van der Waals surface area (Å²) in [5.41, 5.74) is 1.09. The number of amides is 1. The second-order valence-corrected chi connectivity index (χ2v) is 6.38. The molecular formula is C19H24N4O2. The normalized spacial score (nSPS) is 16.6. The molecule has 1 unspecified atom stereocenters. The van der Waals surface area contributed by atoms with Crippen molar-refractivity contribution in [3.05, 3.63) is 64.6 Å². The van der Waals surface area contributed by atoms with Gasteiger partial charge < -0.3 is 4.90 Å². The van der Waals surface area contributed by atoms with Gasteiger partial charge in [0.25, 0.3) is 5.56 Å². The lowest BCUT2D eigenvalue weighted by atomic mass is 10.1. The molecule has 1 aliphatic heterocycles. The van der Waals surface area contributed by atoms with Gasteiger partial charge in [0.1, 0.15) is 6.04 Å². The van der Waals surface area contributed by atoms with Crippen molar-refractivity contribution in [1.29, 1.82) is 0 Å². The largest absolute Gasteiger partial charge is 0.338 e. The summed E-state index contributed by atoms with van der Waals surface area (Å²) >= 11 is 0. The van der Waals surface area contributed by atoms with Crippen molar-refractivity contribution < 1.29 is 4.79 Å². The average Bonchev–Trinajstić information content (AvgIpc) is 2.67. The Morgan fingerprint density at radius 3 is 2.48 bits per heavy atom. The first-order valence-corrected chi connectivity index (χ1v) is 8.74. The first kappa shape index (κ1) is 17.4. The van der Waals surface area contributed by atoms with Gasteiger partial charge in [0.2, 0.25) is 5.91 Å². The number of hydrogen-bond donors (Lipinski definition) is 0. The van der Waals surface area contributed by atoms with Crippen molar-refractivity contribution in [3.63, 3.8) is 0 Å². The molecule has 0 spiro atoms. The van der Waals surface area contributed by atoms with Crippen LogP contribution in [-0.2, 0) is 11.2 Å². The zero-order valence-corrected chi connectivity index (χ0v) is 14.5. The lowest BCUT2D eigenvalue weighted by molar-refractivity contribution is -0.136. The lowest BCUT2D eigenvalue weighted by Gasteiger charge is -2.36. The van der Waals surface area contributed by atoms with Crippen LogP contribution in [0.1, 0.15) is 18.5 Å². The van der Waals surface area contributed by atoms with Crippen LogP contribution in [0.4, 0.5) is 0 Å². The van der Waals surface area contributed by atoms with Gasteiger partial charge in [-0.1, -0.05) is 30.3 Å². The molecule has 2 aromatic rings. The maximum absolute atomic E-state index is 12.6. The molecular weight excluding hydrogens is 316 g/mol. The third-order valence-electron chi connectivity index (χ3n) is 4.71. The summed E-state index contributed by atoms with van der Waals surface area (Å²) in [5, 5.41) is 4.02. The highest BCUT2D eigenvalue weighted by Gasteiger charge is 2.26. The second kappa shape index (κ2) is 8.07. The van der Waals surface area contributed by atoms with Crippen molar-refractivity contribution in [2.45, 2.75) is 19.4 Å². The van der Waals surface area contributed by atoms with Gasteiger partial charge in [0.05, 0.1) is 0 Å². The molecule has 6 heteroatoms. The number of nitrogens with zero attached hydrogens (tertiary/aromatic N) is 4. The monoisotopic (exact) mass is 340 g/mol. The van der Waals surface area contributed by atoms with E-state index in [9.17, 15) is 9.59 Å². The highest BCUT2D eigenvalue weighted by atomic mass is 16.2. The first-order chi connectivity index (χ1) is 12.1. The average molecular weight is 340 g/mol. The van der Waals surface area contributed by atoms with E-state index in [4.69, 9.17) is 0 Å². The van der Waals surface area contributed by atoms with E-state index in [1.165, 1.54) is 22.5 Å². The van der Waals surface area contributed by atoms with E-state index >= 15 is 0 Å². The minimum atomic E-state index is -0.565. The Hall–Kier alpha value is -2.47. The predicted octanol–water partition coefficient (Wildman–Crippen LogP) is 1.19. The Bertz CT molecular complexity index is 751. The molecule has 1 aliphatic rings. The number of benzene rings is 1. The summed E-state index contributed by atoms with van der Waals surface area (Å²) in [6.07, 6.45) is 2.56. The SMILES string of the molecule is CC(C(=O)N1CCN(CCc2ccccc2)CC1)n1ncccc1=O. The van der Waals surface area contributed by atoms with Crippen LogP contribution in [-0.4, -0.2) is 58.2 Å². The number of carbonyl (C=O) groups excluding carboxylic acids is 1. The van der Waals surface area contributed by atoms with Gasteiger partial charge in [0, 0.05) is 45.0 Å². The highest BCUT2D eigenvalue weighted by Crippen LogP contribution is 2.11. The lowest BCUT2D eigenvalue weighted by Crippen LogP contribution is -2.51. The molecule has 1 aromatic heterocycles. The molecule has 2 heterocycles. The molecule has 1 atom stereocenters. The molecule has 1 amide bonds. The molecule has 132 valence electrons. The third-order valence-corrected chi connectivity index (χ3v) is 4.71. The molecule has 0 saturated carbocycles. The van der Waals surface area contributed by atoms with Gasteiger partial charge in [-0.15, -0.1) is 0 Å². The van der Waals surface area contributed by atoms with Gasteiger partial charge in [-0.2, -0.15) is 5.10 Å². The fourth-order valence-electron chi connectivity index (χ4n) is 3.15. The van der Waals surface area contributed by atoms with Crippen LogP contribution in [0.3, 0.4) is 0 Å². The molecule has 0 radical (unpaired) electrons. The maximum atomic E-state index is 12.6. The predicted molar refractivity (Wildman–Crippen MR) is 96.4 cm³/mol. The summed E-state index contributed by atoms with van der Waals surface area (Å²) in [6, 6.07) is 12.9. The Balaban J connectivity index is 1.51. The molecule has 25 heavy (non-hydrogen) atoms. The summed E-state index contributed by atoms with van der Waals surface area (Å²) in [6.45, 7) is 5.85. The van der Waals surface area contributed by atoms with Crippen LogP contribution in [0, 0.1) is 0 Å². The fraction of sp³-hybridized carbons (Fsp3) is 0.421. The molecule has 3 rings (SSSR count). The zero-order chi connectivity index (χ0) is 17.6. The van der Waals surface area contributed by atoms with E-state index in [0.717, 1.165) is 26.1 Å². The van der Waals surface area contributed by atoms with E-state index in [1.807, 2.05) is 11.0 Å². The number of aromatic nitrogens is 2. The Morgan fingerprint density at radius 1 is 1.08 bits per heavy atom. The number of rotatable bonds is 5. The first-order valence-electron chi connectivity index (χ1n) is 8.74. The molecule has 0 aliphatic carbocycles. The summed E-state index contributed by atoms with van der Waals surface area (Å²) in [7, 11) is 0. The van der Waals surface area contributed by atoms with Gasteiger partial charge in [-0.3, -0.25) is 14.5 Å². The van der Waals surface area contributed by atoms with Crippen LogP contribution in [0.15, 0.2) is 53.5 Å². The molecule has 6 nitrogen and oxygen atoms in total. The van der Waals surface area contributed by atoms with E-state index in [-0.39, 0.29) is 11.5 Å². The number of hydrogen-bond acceptors (Lipinski definition) is 4. The van der Waals surface area contributed by atoms with Gasteiger partial charge in [-0.25, -0.2) is 4.68 Å². The van der Waals surface area contributed by atoms with Gasteiger partial charge in [-0.05, 0) is 25.0 Å². The van der Waals surface area contributed by atoms with Crippen LogP contribution in [0.2, 0.25) is 0 Å². The molecule has 0 N–H and O–H groups in total. The van der Waals surface area contributed by atoms with E-state index in [2.05, 4.69) is 34.3 Å². The standard InChI is InChI=1S/C19H24N4O2/c1-16(23-18(24)8-5-10-20-23)19(25)22-14-12-21(13-15-22)11-9-17-6-3-2-4-7-17/h2-8,10,16H,9,11-15H2,1H3.